The Labute approximate surface area is 94.3 Å². The molecule has 0 radical (unpaired) electrons. The second-order valence-corrected chi connectivity index (χ2v) is 18.9. The highest BCUT2D eigenvalue weighted by Gasteiger charge is 2.41. The van der Waals surface area contributed by atoms with Crippen molar-refractivity contribution in [2.45, 2.75) is 45.8 Å². The summed E-state index contributed by atoms with van der Waals surface area (Å²) in [6.45, 7) is 15.1. The smallest absolute Gasteiger partial charge is 0.426 e. The van der Waals surface area contributed by atoms with Crippen LogP contribution in [0.15, 0.2) is 0 Å². The number of hydrogen-bond donors (Lipinski definition) is 0. The SMILES string of the molecule is C[Si](C)(C)O[Si](C)(O[SiH3])O[Si](C)(C)C. The zero-order valence-corrected chi connectivity index (χ0v) is 15.7. The van der Waals surface area contributed by atoms with Crippen LogP contribution in [-0.2, 0) is 12.3 Å². The van der Waals surface area contributed by atoms with Crippen LogP contribution in [0.1, 0.15) is 0 Å². The zero-order valence-electron chi connectivity index (χ0n) is 10.7. The fraction of sp³-hybridized carbons (Fsp3) is 1.00. The summed E-state index contributed by atoms with van der Waals surface area (Å²) in [7, 11) is -4.73. The van der Waals surface area contributed by atoms with Crippen LogP contribution in [0, 0.1) is 0 Å². The molecule has 0 unspecified atom stereocenters. The lowest BCUT2D eigenvalue weighted by molar-refractivity contribution is 0.276. The molecule has 0 heterocycles. The normalized spacial score (nSPS) is 14.8. The maximum absolute atomic E-state index is 6.05. The van der Waals surface area contributed by atoms with E-state index < -0.39 is 25.4 Å². The minimum absolute atomic E-state index is 0.690. The van der Waals surface area contributed by atoms with E-state index in [2.05, 4.69) is 39.3 Å². The average molecular weight is 269 g/mol. The average Bonchev–Trinajstić information content (AvgIpc) is 1.78. The van der Waals surface area contributed by atoms with E-state index in [4.69, 9.17) is 12.3 Å². The van der Waals surface area contributed by atoms with Crippen molar-refractivity contribution in [1.29, 1.82) is 0 Å². The molecule has 0 aliphatic carbocycles. The van der Waals surface area contributed by atoms with Crippen molar-refractivity contribution in [1.82, 2.24) is 0 Å². The van der Waals surface area contributed by atoms with Gasteiger partial charge in [0.1, 0.15) is 10.5 Å². The molecule has 0 spiro atoms. The van der Waals surface area contributed by atoms with Crippen molar-refractivity contribution < 1.29 is 12.3 Å². The Morgan fingerprint density at radius 2 is 1.00 bits per heavy atom. The first kappa shape index (κ1) is 14.7. The van der Waals surface area contributed by atoms with Gasteiger partial charge in [0.25, 0.3) is 0 Å². The molecule has 0 aliphatic heterocycles. The molecule has 0 atom stereocenters. The molecule has 0 saturated heterocycles. The standard InChI is InChI=1S/C7H24O3Si4/c1-12(2,3)9-14(7,8-11)10-13(4,5)6/h1-7,11H3. The summed E-state index contributed by atoms with van der Waals surface area (Å²) < 4.78 is 17.7. The lowest BCUT2D eigenvalue weighted by Gasteiger charge is -2.36. The fourth-order valence-electron chi connectivity index (χ4n) is 1.22. The zero-order chi connectivity index (χ0) is 11.6. The van der Waals surface area contributed by atoms with Gasteiger partial charge in [-0.05, 0) is 39.3 Å². The summed E-state index contributed by atoms with van der Waals surface area (Å²) in [5.74, 6) is 0. The molecular weight excluding hydrogens is 244 g/mol. The summed E-state index contributed by atoms with van der Waals surface area (Å²) in [6, 6.07) is 0. The van der Waals surface area contributed by atoms with Crippen molar-refractivity contribution in [2.75, 3.05) is 0 Å². The van der Waals surface area contributed by atoms with E-state index in [1.54, 1.807) is 0 Å². The second-order valence-electron chi connectivity index (χ2n) is 5.50. The molecular formula is C7H24O3Si4. The lowest BCUT2D eigenvalue weighted by Crippen LogP contribution is -2.54. The molecule has 0 aromatic heterocycles. The molecule has 14 heavy (non-hydrogen) atoms. The van der Waals surface area contributed by atoms with E-state index in [1.165, 1.54) is 0 Å². The van der Waals surface area contributed by atoms with Crippen LogP contribution in [0.3, 0.4) is 0 Å². The Kier molecular flexibility index (Phi) is 4.98. The van der Waals surface area contributed by atoms with Gasteiger partial charge in [-0.1, -0.05) is 0 Å². The van der Waals surface area contributed by atoms with Crippen molar-refractivity contribution in [2.24, 2.45) is 0 Å². The first-order chi connectivity index (χ1) is 5.97. The Balaban J connectivity index is 4.49. The molecule has 0 saturated carbocycles. The molecule has 0 aromatic carbocycles. The van der Waals surface area contributed by atoms with Crippen molar-refractivity contribution in [3.05, 3.63) is 0 Å². The van der Waals surface area contributed by atoms with Crippen molar-refractivity contribution in [3.8, 4) is 0 Å². The van der Waals surface area contributed by atoms with Crippen LogP contribution in [0.2, 0.25) is 45.8 Å². The highest BCUT2D eigenvalue weighted by atomic mass is 28.5. The van der Waals surface area contributed by atoms with Gasteiger partial charge in [0.15, 0.2) is 16.6 Å². The Morgan fingerprint density at radius 1 is 0.714 bits per heavy atom. The third kappa shape index (κ3) is 7.09. The van der Waals surface area contributed by atoms with Crippen LogP contribution < -0.4 is 0 Å². The summed E-state index contributed by atoms with van der Waals surface area (Å²) >= 11 is 0. The van der Waals surface area contributed by atoms with Gasteiger partial charge in [0.05, 0.1) is 0 Å². The fourth-order valence-corrected chi connectivity index (χ4v) is 12.8. The van der Waals surface area contributed by atoms with Gasteiger partial charge in [-0.15, -0.1) is 0 Å². The quantitative estimate of drug-likeness (QED) is 0.708. The second kappa shape index (κ2) is 4.72. The summed E-state index contributed by atoms with van der Waals surface area (Å²) in [5.41, 5.74) is 0. The maximum atomic E-state index is 6.05. The Bertz CT molecular complexity index is 168. The molecule has 7 heteroatoms. The molecule has 0 aliphatic rings. The minimum atomic E-state index is -2.31. The molecule has 0 bridgehead atoms. The third-order valence-electron chi connectivity index (χ3n) is 1.35. The monoisotopic (exact) mass is 268 g/mol. The highest BCUT2D eigenvalue weighted by Crippen LogP contribution is 2.20. The van der Waals surface area contributed by atoms with Gasteiger partial charge < -0.3 is 12.3 Å². The van der Waals surface area contributed by atoms with Gasteiger partial charge in [-0.25, -0.2) is 0 Å². The minimum Gasteiger partial charge on any atom is -0.426 e. The lowest BCUT2D eigenvalue weighted by atomic mass is 11.8. The molecule has 0 aromatic rings. The molecule has 0 amide bonds. The Hall–Kier alpha value is 0.748. The van der Waals surface area contributed by atoms with E-state index in [0.717, 1.165) is 0 Å². The molecule has 0 rings (SSSR count). The largest absolute Gasteiger partial charge is 0.465 e. The van der Waals surface area contributed by atoms with Gasteiger partial charge in [-0.3, -0.25) is 0 Å². The topological polar surface area (TPSA) is 27.7 Å². The van der Waals surface area contributed by atoms with E-state index in [1.807, 2.05) is 6.55 Å². The van der Waals surface area contributed by atoms with Crippen molar-refractivity contribution in [3.63, 3.8) is 0 Å². The third-order valence-corrected chi connectivity index (χ3v) is 12.2. The van der Waals surface area contributed by atoms with Crippen LogP contribution in [0.5, 0.6) is 0 Å². The first-order valence-corrected chi connectivity index (χ1v) is 14.8. The van der Waals surface area contributed by atoms with E-state index in [0.29, 0.717) is 10.5 Å². The van der Waals surface area contributed by atoms with E-state index in [-0.39, 0.29) is 0 Å². The molecule has 0 fully saturated rings. The molecule has 0 N–H and O–H groups in total. The number of rotatable bonds is 5. The number of hydrogen-bond acceptors (Lipinski definition) is 3. The van der Waals surface area contributed by atoms with Gasteiger partial charge in [-0.2, -0.15) is 0 Å². The molecule has 3 nitrogen and oxygen atoms in total. The predicted molar refractivity (Wildman–Crippen MR) is 71.5 cm³/mol. The van der Waals surface area contributed by atoms with Crippen LogP contribution >= 0.6 is 0 Å². The highest BCUT2D eigenvalue weighted by molar-refractivity contribution is 6.86. The van der Waals surface area contributed by atoms with Crippen LogP contribution in [0.4, 0.5) is 0 Å². The van der Waals surface area contributed by atoms with Crippen LogP contribution in [0.25, 0.3) is 0 Å². The van der Waals surface area contributed by atoms with Gasteiger partial charge in [0.2, 0.25) is 0 Å². The Morgan fingerprint density at radius 3 is 1.14 bits per heavy atom. The van der Waals surface area contributed by atoms with Crippen LogP contribution in [-0.4, -0.2) is 35.9 Å². The first-order valence-electron chi connectivity index (χ1n) is 4.93. The van der Waals surface area contributed by atoms with E-state index in [9.17, 15) is 0 Å². The molecule has 86 valence electrons. The maximum Gasteiger partial charge on any atom is 0.465 e. The van der Waals surface area contributed by atoms with E-state index >= 15 is 0 Å². The predicted octanol–water partition coefficient (Wildman–Crippen LogP) is 1.56. The summed E-state index contributed by atoms with van der Waals surface area (Å²) in [6.07, 6.45) is 0. The summed E-state index contributed by atoms with van der Waals surface area (Å²) in [4.78, 5) is 0. The van der Waals surface area contributed by atoms with Gasteiger partial charge in [0, 0.05) is 6.55 Å². The summed E-state index contributed by atoms with van der Waals surface area (Å²) in [5, 5.41) is 0. The van der Waals surface area contributed by atoms with Crippen molar-refractivity contribution >= 4 is 35.9 Å². The van der Waals surface area contributed by atoms with Gasteiger partial charge >= 0.3 is 8.80 Å².